The molecule has 1 fully saturated rings. The van der Waals surface area contributed by atoms with Gasteiger partial charge in [0, 0.05) is 24.8 Å². The van der Waals surface area contributed by atoms with Crippen LogP contribution < -0.4 is 5.32 Å². The van der Waals surface area contributed by atoms with E-state index in [0.717, 1.165) is 24.6 Å². The molecule has 3 aromatic heterocycles. The number of hydrogen-bond donors (Lipinski definition) is 1. The van der Waals surface area contributed by atoms with Gasteiger partial charge in [0.1, 0.15) is 27.2 Å². The summed E-state index contributed by atoms with van der Waals surface area (Å²) in [6, 6.07) is 3.01. The highest BCUT2D eigenvalue weighted by Gasteiger charge is 2.20. The number of carbonyl (C=O) groups is 1. The van der Waals surface area contributed by atoms with Crippen LogP contribution in [0.25, 0.3) is 23.5 Å². The van der Waals surface area contributed by atoms with Crippen LogP contribution >= 0.6 is 11.3 Å². The first-order chi connectivity index (χ1) is 14.5. The molecule has 0 unspecified atom stereocenters. The summed E-state index contributed by atoms with van der Waals surface area (Å²) < 4.78 is 23.8. The molecule has 0 aliphatic carbocycles. The van der Waals surface area contributed by atoms with Crippen molar-refractivity contribution in [2.75, 3.05) is 13.2 Å². The van der Waals surface area contributed by atoms with Crippen LogP contribution in [0.3, 0.4) is 0 Å². The first-order valence-corrected chi connectivity index (χ1v) is 10.4. The van der Waals surface area contributed by atoms with Crippen molar-refractivity contribution in [3.63, 3.8) is 0 Å². The highest BCUT2D eigenvalue weighted by Crippen LogP contribution is 2.27. The van der Waals surface area contributed by atoms with E-state index in [1.807, 2.05) is 19.1 Å². The van der Waals surface area contributed by atoms with Gasteiger partial charge in [-0.05, 0) is 51.0 Å². The normalized spacial score (nSPS) is 15.0. The van der Waals surface area contributed by atoms with Gasteiger partial charge in [-0.1, -0.05) is 5.16 Å². The molecule has 0 spiro atoms. The molecule has 4 rings (SSSR count). The van der Waals surface area contributed by atoms with Crippen molar-refractivity contribution in [2.24, 2.45) is 0 Å². The first-order valence-electron chi connectivity index (χ1n) is 9.63. The summed E-state index contributed by atoms with van der Waals surface area (Å²) in [4.78, 5) is 21.8. The zero-order valence-corrected chi connectivity index (χ0v) is 17.5. The predicted octanol–water partition coefficient (Wildman–Crippen LogP) is 4.03. The van der Waals surface area contributed by atoms with Crippen molar-refractivity contribution in [3.05, 3.63) is 51.0 Å². The second-order valence-electron chi connectivity index (χ2n) is 7.02. The number of hydrogen-bond acceptors (Lipinski definition) is 7. The number of halogens is 1. The van der Waals surface area contributed by atoms with E-state index < -0.39 is 5.82 Å². The van der Waals surface area contributed by atoms with E-state index in [0.29, 0.717) is 45.9 Å². The molecule has 1 aliphatic rings. The molecule has 0 atom stereocenters. The Morgan fingerprint density at radius 3 is 2.80 bits per heavy atom. The summed E-state index contributed by atoms with van der Waals surface area (Å²) in [6.07, 6.45) is 6.42. The topological polar surface area (TPSA) is 90.1 Å². The lowest BCUT2D eigenvalue weighted by Gasteiger charge is -2.22. The molecule has 0 aromatic carbocycles. The number of ether oxygens (including phenoxy) is 1. The fraction of sp³-hybridized carbons (Fsp3) is 0.333. The summed E-state index contributed by atoms with van der Waals surface area (Å²) in [5.41, 5.74) is 2.45. The Labute approximate surface area is 177 Å². The molecule has 156 valence electrons. The third-order valence-corrected chi connectivity index (χ3v) is 5.97. The Morgan fingerprint density at radius 2 is 2.07 bits per heavy atom. The van der Waals surface area contributed by atoms with Gasteiger partial charge < -0.3 is 14.6 Å². The Bertz CT molecular complexity index is 1070. The van der Waals surface area contributed by atoms with Crippen LogP contribution in [0.5, 0.6) is 0 Å². The highest BCUT2D eigenvalue weighted by molar-refractivity contribution is 7.14. The molecule has 1 amide bonds. The highest BCUT2D eigenvalue weighted by atomic mass is 32.1. The van der Waals surface area contributed by atoms with Gasteiger partial charge in [-0.3, -0.25) is 9.78 Å². The number of rotatable bonds is 5. The number of pyridine rings is 1. The average Bonchev–Trinajstić information content (AvgIpc) is 3.30. The van der Waals surface area contributed by atoms with Crippen molar-refractivity contribution in [3.8, 4) is 11.4 Å². The molecule has 7 nitrogen and oxygen atoms in total. The van der Waals surface area contributed by atoms with Crippen molar-refractivity contribution >= 4 is 29.4 Å². The van der Waals surface area contributed by atoms with Gasteiger partial charge in [0.25, 0.3) is 5.91 Å². The van der Waals surface area contributed by atoms with Crippen LogP contribution in [-0.4, -0.2) is 40.3 Å². The number of nitrogens with one attached hydrogen (secondary N) is 1. The van der Waals surface area contributed by atoms with Crippen LogP contribution in [0.15, 0.2) is 22.9 Å². The summed E-state index contributed by atoms with van der Waals surface area (Å²) in [5.74, 6) is 0.0907. The van der Waals surface area contributed by atoms with E-state index in [-0.39, 0.29) is 11.9 Å². The number of amides is 1. The minimum atomic E-state index is -0.416. The maximum Gasteiger partial charge on any atom is 0.263 e. The molecule has 1 saturated heterocycles. The van der Waals surface area contributed by atoms with E-state index >= 15 is 0 Å². The lowest BCUT2D eigenvalue weighted by Crippen LogP contribution is -2.38. The first kappa shape index (κ1) is 20.4. The Hall–Kier alpha value is -2.91. The van der Waals surface area contributed by atoms with Gasteiger partial charge in [0.15, 0.2) is 0 Å². The fourth-order valence-corrected chi connectivity index (χ4v) is 4.10. The molecule has 3 aromatic rings. The Balaban J connectivity index is 1.53. The van der Waals surface area contributed by atoms with Crippen molar-refractivity contribution < 1.29 is 18.4 Å². The smallest absolute Gasteiger partial charge is 0.263 e. The predicted molar refractivity (Wildman–Crippen MR) is 112 cm³/mol. The van der Waals surface area contributed by atoms with E-state index in [1.54, 1.807) is 13.0 Å². The maximum atomic E-state index is 13.2. The summed E-state index contributed by atoms with van der Waals surface area (Å²) >= 11 is 1.33. The van der Waals surface area contributed by atoms with E-state index in [9.17, 15) is 9.18 Å². The van der Waals surface area contributed by atoms with Gasteiger partial charge in [0.2, 0.25) is 0 Å². The van der Waals surface area contributed by atoms with Crippen LogP contribution in [0.4, 0.5) is 4.39 Å². The summed E-state index contributed by atoms with van der Waals surface area (Å²) in [5, 5.41) is 7.81. The van der Waals surface area contributed by atoms with Gasteiger partial charge in [0.05, 0.1) is 17.6 Å². The second-order valence-corrected chi connectivity index (χ2v) is 8.05. The van der Waals surface area contributed by atoms with E-state index in [1.165, 1.54) is 17.4 Å². The molecule has 0 radical (unpaired) electrons. The summed E-state index contributed by atoms with van der Waals surface area (Å²) in [6.45, 7) is 4.96. The third-order valence-electron chi connectivity index (χ3n) is 4.85. The lowest BCUT2D eigenvalue weighted by molar-refractivity contribution is 0.0698. The molecular weight excluding hydrogens is 407 g/mol. The SMILES string of the molecule is Cc1nc(C=Cc2c(-c3ccc(F)cn3)noc2C)sc1C(=O)NC1CCOCC1. The Kier molecular flexibility index (Phi) is 6.01. The molecular formula is C21H21FN4O3S. The number of carbonyl (C=O) groups excluding carboxylic acids is 1. The summed E-state index contributed by atoms with van der Waals surface area (Å²) in [7, 11) is 0. The minimum absolute atomic E-state index is 0.103. The zero-order chi connectivity index (χ0) is 21.1. The molecule has 1 N–H and O–H groups in total. The fourth-order valence-electron chi connectivity index (χ4n) is 3.22. The molecule has 1 aliphatic heterocycles. The average molecular weight is 428 g/mol. The molecule has 9 heteroatoms. The maximum absolute atomic E-state index is 13.2. The molecule has 0 bridgehead atoms. The molecule has 0 saturated carbocycles. The second kappa shape index (κ2) is 8.85. The van der Waals surface area contributed by atoms with Gasteiger partial charge in [-0.25, -0.2) is 9.37 Å². The standard InChI is InChI=1S/C21H21FN4O3S/c1-12-20(21(27)25-15-7-9-28-10-8-15)30-18(24-12)6-4-16-13(2)29-26-19(16)17-5-3-14(22)11-23-17/h3-6,11,15H,7-10H2,1-2H3,(H,25,27). The van der Waals surface area contributed by atoms with Gasteiger partial charge in [-0.2, -0.15) is 0 Å². The lowest BCUT2D eigenvalue weighted by atomic mass is 10.1. The largest absolute Gasteiger partial charge is 0.381 e. The van der Waals surface area contributed by atoms with Crippen molar-refractivity contribution in [2.45, 2.75) is 32.7 Å². The third kappa shape index (κ3) is 4.47. The quantitative estimate of drug-likeness (QED) is 0.660. The van der Waals surface area contributed by atoms with Crippen LogP contribution in [0.1, 0.15) is 44.5 Å². The van der Waals surface area contributed by atoms with Crippen LogP contribution in [-0.2, 0) is 4.74 Å². The molecule has 30 heavy (non-hydrogen) atoms. The van der Waals surface area contributed by atoms with E-state index in [2.05, 4.69) is 20.4 Å². The number of nitrogens with zero attached hydrogens (tertiary/aromatic N) is 3. The van der Waals surface area contributed by atoms with Crippen LogP contribution in [0.2, 0.25) is 0 Å². The zero-order valence-electron chi connectivity index (χ0n) is 16.6. The Morgan fingerprint density at radius 1 is 1.27 bits per heavy atom. The minimum Gasteiger partial charge on any atom is -0.381 e. The molecule has 4 heterocycles. The number of aromatic nitrogens is 3. The van der Waals surface area contributed by atoms with Crippen molar-refractivity contribution in [1.82, 2.24) is 20.4 Å². The van der Waals surface area contributed by atoms with E-state index in [4.69, 9.17) is 9.26 Å². The van der Waals surface area contributed by atoms with Crippen molar-refractivity contribution in [1.29, 1.82) is 0 Å². The number of aryl methyl sites for hydroxylation is 2. The van der Waals surface area contributed by atoms with Gasteiger partial charge in [-0.15, -0.1) is 11.3 Å². The van der Waals surface area contributed by atoms with Crippen LogP contribution in [0, 0.1) is 19.7 Å². The number of thiazole rings is 1. The monoisotopic (exact) mass is 428 g/mol. The van der Waals surface area contributed by atoms with Gasteiger partial charge >= 0.3 is 0 Å².